The number of nitriles is 1. The molecule has 0 radical (unpaired) electrons. The molecule has 0 bridgehead atoms. The van der Waals surface area contributed by atoms with Gasteiger partial charge in [-0.1, -0.05) is 34.6 Å². The first-order valence-corrected chi connectivity index (χ1v) is 7.05. The van der Waals surface area contributed by atoms with Gasteiger partial charge in [0.05, 0.1) is 5.56 Å². The topological polar surface area (TPSA) is 49.8 Å². The number of nitrogens with two attached hydrogens (primary N) is 1. The standard InChI is InChI=1S/C14H22N2S/c1-6-11-12(10(8-15)13(16)17-11)14(5,7-2)9(3)4/h9H,6-7,16H2,1-5H3. The molecule has 0 spiro atoms. The van der Waals surface area contributed by atoms with Crippen LogP contribution in [0.3, 0.4) is 0 Å². The van der Waals surface area contributed by atoms with Gasteiger partial charge in [-0.15, -0.1) is 11.3 Å². The molecule has 0 saturated heterocycles. The van der Waals surface area contributed by atoms with E-state index in [-0.39, 0.29) is 5.41 Å². The van der Waals surface area contributed by atoms with Gasteiger partial charge in [0.25, 0.3) is 0 Å². The maximum atomic E-state index is 9.33. The van der Waals surface area contributed by atoms with Crippen LogP contribution in [0, 0.1) is 17.2 Å². The fraction of sp³-hybridized carbons (Fsp3) is 0.643. The lowest BCUT2D eigenvalue weighted by atomic mass is 9.70. The van der Waals surface area contributed by atoms with Crippen LogP contribution in [0.25, 0.3) is 0 Å². The normalized spacial score (nSPS) is 14.6. The lowest BCUT2D eigenvalue weighted by Crippen LogP contribution is -2.29. The van der Waals surface area contributed by atoms with E-state index in [0.717, 1.165) is 12.8 Å². The Bertz CT molecular complexity index is 440. The summed E-state index contributed by atoms with van der Waals surface area (Å²) in [6.45, 7) is 11.0. The van der Waals surface area contributed by atoms with Crippen molar-refractivity contribution in [3.05, 3.63) is 16.0 Å². The van der Waals surface area contributed by atoms with Gasteiger partial charge < -0.3 is 5.73 Å². The van der Waals surface area contributed by atoms with Crippen molar-refractivity contribution in [1.82, 2.24) is 0 Å². The third-order valence-electron chi connectivity index (χ3n) is 4.02. The molecule has 2 N–H and O–H groups in total. The number of nitrogens with zero attached hydrogens (tertiary/aromatic N) is 1. The van der Waals surface area contributed by atoms with Crippen molar-refractivity contribution in [3.8, 4) is 6.07 Å². The molecule has 1 rings (SSSR count). The Morgan fingerprint density at radius 1 is 1.41 bits per heavy atom. The highest BCUT2D eigenvalue weighted by Gasteiger charge is 2.35. The van der Waals surface area contributed by atoms with Crippen LogP contribution in [-0.4, -0.2) is 0 Å². The van der Waals surface area contributed by atoms with Gasteiger partial charge in [-0.2, -0.15) is 5.26 Å². The Balaban J connectivity index is 3.53. The van der Waals surface area contributed by atoms with Gasteiger partial charge >= 0.3 is 0 Å². The molecule has 3 heteroatoms. The molecule has 1 unspecified atom stereocenters. The average molecular weight is 250 g/mol. The van der Waals surface area contributed by atoms with Crippen LogP contribution in [0.1, 0.15) is 57.0 Å². The van der Waals surface area contributed by atoms with Crippen molar-refractivity contribution in [1.29, 1.82) is 5.26 Å². The number of hydrogen-bond donors (Lipinski definition) is 1. The van der Waals surface area contributed by atoms with E-state index in [1.165, 1.54) is 10.4 Å². The summed E-state index contributed by atoms with van der Waals surface area (Å²) in [5.74, 6) is 0.499. The second-order valence-electron chi connectivity index (χ2n) is 5.03. The minimum absolute atomic E-state index is 0.0462. The molecular weight excluding hydrogens is 228 g/mol. The van der Waals surface area contributed by atoms with Crippen molar-refractivity contribution < 1.29 is 0 Å². The first kappa shape index (κ1) is 14.1. The first-order valence-electron chi connectivity index (χ1n) is 6.24. The van der Waals surface area contributed by atoms with Crippen molar-refractivity contribution in [2.24, 2.45) is 5.92 Å². The fourth-order valence-corrected chi connectivity index (χ4v) is 3.43. The molecule has 17 heavy (non-hydrogen) atoms. The smallest absolute Gasteiger partial charge is 0.104 e. The molecule has 0 fully saturated rings. The molecular formula is C14H22N2S. The highest BCUT2D eigenvalue weighted by atomic mass is 32.1. The summed E-state index contributed by atoms with van der Waals surface area (Å²) < 4.78 is 0. The minimum Gasteiger partial charge on any atom is -0.389 e. The minimum atomic E-state index is 0.0462. The summed E-state index contributed by atoms with van der Waals surface area (Å²) in [6, 6.07) is 2.30. The molecule has 1 heterocycles. The van der Waals surface area contributed by atoms with Crippen LogP contribution in [0.5, 0.6) is 0 Å². The second-order valence-corrected chi connectivity index (χ2v) is 6.17. The van der Waals surface area contributed by atoms with E-state index in [1.54, 1.807) is 11.3 Å². The largest absolute Gasteiger partial charge is 0.389 e. The Hall–Kier alpha value is -1.01. The van der Waals surface area contributed by atoms with Crippen LogP contribution in [0.4, 0.5) is 5.00 Å². The van der Waals surface area contributed by atoms with Gasteiger partial charge in [0.15, 0.2) is 0 Å². The SMILES string of the molecule is CCc1sc(N)c(C#N)c1C(C)(CC)C(C)C. The lowest BCUT2D eigenvalue weighted by molar-refractivity contribution is 0.325. The molecule has 0 aliphatic heterocycles. The summed E-state index contributed by atoms with van der Waals surface area (Å²) in [5, 5.41) is 10.0. The number of hydrogen-bond acceptors (Lipinski definition) is 3. The first-order chi connectivity index (χ1) is 7.92. The van der Waals surface area contributed by atoms with Crippen LogP contribution >= 0.6 is 11.3 Å². The summed E-state index contributed by atoms with van der Waals surface area (Å²) >= 11 is 1.58. The van der Waals surface area contributed by atoms with Gasteiger partial charge in [0, 0.05) is 4.88 Å². The van der Waals surface area contributed by atoms with Crippen molar-refractivity contribution in [2.45, 2.75) is 52.9 Å². The molecule has 1 aromatic heterocycles. The molecule has 0 aliphatic carbocycles. The maximum Gasteiger partial charge on any atom is 0.104 e. The Morgan fingerprint density at radius 3 is 2.35 bits per heavy atom. The number of thiophene rings is 1. The highest BCUT2D eigenvalue weighted by Crippen LogP contribution is 2.44. The van der Waals surface area contributed by atoms with Crippen molar-refractivity contribution >= 4 is 16.3 Å². The van der Waals surface area contributed by atoms with E-state index < -0.39 is 0 Å². The summed E-state index contributed by atoms with van der Waals surface area (Å²) in [5.41, 5.74) is 7.93. The number of anilines is 1. The van der Waals surface area contributed by atoms with Crippen LogP contribution < -0.4 is 5.73 Å². The zero-order valence-electron chi connectivity index (χ0n) is 11.4. The lowest BCUT2D eigenvalue weighted by Gasteiger charge is -2.34. The zero-order chi connectivity index (χ0) is 13.2. The van der Waals surface area contributed by atoms with Gasteiger partial charge in [-0.3, -0.25) is 0 Å². The second kappa shape index (κ2) is 5.10. The summed E-state index contributed by atoms with van der Waals surface area (Å²) in [6.07, 6.45) is 1.98. The van der Waals surface area contributed by atoms with E-state index in [1.807, 2.05) is 0 Å². The maximum absolute atomic E-state index is 9.33. The molecule has 0 amide bonds. The average Bonchev–Trinajstić information content (AvgIpc) is 2.64. The van der Waals surface area contributed by atoms with E-state index in [9.17, 15) is 5.26 Å². The molecule has 0 aromatic carbocycles. The molecule has 1 atom stereocenters. The quantitative estimate of drug-likeness (QED) is 0.875. The van der Waals surface area contributed by atoms with E-state index >= 15 is 0 Å². The molecule has 2 nitrogen and oxygen atoms in total. The van der Waals surface area contributed by atoms with Gasteiger partial charge in [0.2, 0.25) is 0 Å². The third-order valence-corrected chi connectivity index (χ3v) is 5.18. The third kappa shape index (κ3) is 2.19. The van der Waals surface area contributed by atoms with E-state index in [4.69, 9.17) is 5.73 Å². The Morgan fingerprint density at radius 2 is 2.00 bits per heavy atom. The predicted molar refractivity (Wildman–Crippen MR) is 75.3 cm³/mol. The van der Waals surface area contributed by atoms with Crippen LogP contribution in [0.2, 0.25) is 0 Å². The van der Waals surface area contributed by atoms with Gasteiger partial charge in [0.1, 0.15) is 11.1 Å². The predicted octanol–water partition coefficient (Wildman–Crippen LogP) is 4.09. The van der Waals surface area contributed by atoms with Crippen LogP contribution in [-0.2, 0) is 11.8 Å². The Kier molecular flexibility index (Phi) is 4.21. The van der Waals surface area contributed by atoms with E-state index in [0.29, 0.717) is 16.5 Å². The van der Waals surface area contributed by atoms with Gasteiger partial charge in [-0.25, -0.2) is 0 Å². The number of aryl methyl sites for hydroxylation is 1. The van der Waals surface area contributed by atoms with E-state index in [2.05, 4.69) is 40.7 Å². The number of nitrogen functional groups attached to an aromatic ring is 1. The zero-order valence-corrected chi connectivity index (χ0v) is 12.2. The molecule has 1 aromatic rings. The van der Waals surface area contributed by atoms with Crippen molar-refractivity contribution in [3.63, 3.8) is 0 Å². The van der Waals surface area contributed by atoms with Crippen LogP contribution in [0.15, 0.2) is 0 Å². The van der Waals surface area contributed by atoms with Crippen molar-refractivity contribution in [2.75, 3.05) is 5.73 Å². The van der Waals surface area contributed by atoms with Gasteiger partial charge in [-0.05, 0) is 29.7 Å². The Labute approximate surface area is 108 Å². The summed E-state index contributed by atoms with van der Waals surface area (Å²) in [7, 11) is 0. The summed E-state index contributed by atoms with van der Waals surface area (Å²) in [4.78, 5) is 1.28. The fourth-order valence-electron chi connectivity index (χ4n) is 2.34. The number of rotatable bonds is 4. The molecule has 0 aliphatic rings. The molecule has 94 valence electrons. The monoisotopic (exact) mass is 250 g/mol. The molecule has 0 saturated carbocycles. The highest BCUT2D eigenvalue weighted by molar-refractivity contribution is 7.16.